The Hall–Kier alpha value is -0.610. The van der Waals surface area contributed by atoms with Crippen LogP contribution in [-0.2, 0) is 9.53 Å². The quantitative estimate of drug-likeness (QED) is 0.663. The van der Waals surface area contributed by atoms with E-state index < -0.39 is 0 Å². The highest BCUT2D eigenvalue weighted by molar-refractivity contribution is 5.80. The molecule has 0 spiro atoms. The van der Waals surface area contributed by atoms with E-state index in [4.69, 9.17) is 4.74 Å². The molecule has 1 rings (SSSR count). The number of nitrogens with one attached hydrogen (secondary N) is 2. The average Bonchev–Trinajstić information content (AvgIpc) is 2.67. The summed E-state index contributed by atoms with van der Waals surface area (Å²) in [6.07, 6.45) is 1.67. The number of carbonyl (C=O) groups excluding carboxylic acids is 1. The van der Waals surface area contributed by atoms with E-state index in [9.17, 15) is 4.79 Å². The van der Waals surface area contributed by atoms with E-state index in [1.807, 2.05) is 7.05 Å². The van der Waals surface area contributed by atoms with Gasteiger partial charge >= 0.3 is 0 Å². The summed E-state index contributed by atoms with van der Waals surface area (Å²) >= 11 is 0. The van der Waals surface area contributed by atoms with E-state index in [-0.39, 0.29) is 12.0 Å². The van der Waals surface area contributed by atoms with Crippen LogP contribution in [0.2, 0.25) is 0 Å². The van der Waals surface area contributed by atoms with Crippen molar-refractivity contribution in [3.8, 4) is 0 Å². The molecule has 0 bridgehead atoms. The molecule has 2 atom stereocenters. The second kappa shape index (κ2) is 5.98. The molecule has 4 heteroatoms. The Kier molecular flexibility index (Phi) is 4.90. The zero-order valence-electron chi connectivity index (χ0n) is 9.01. The maximum atomic E-state index is 11.5. The number of amides is 1. The molecule has 1 fully saturated rings. The minimum atomic E-state index is -0.197. The molecule has 0 aromatic rings. The zero-order chi connectivity index (χ0) is 10.4. The molecular formula is C10H20N2O2. The van der Waals surface area contributed by atoms with Gasteiger partial charge in [0.05, 0.1) is 0 Å². The van der Waals surface area contributed by atoms with Crippen LogP contribution in [0.5, 0.6) is 0 Å². The summed E-state index contributed by atoms with van der Waals surface area (Å²) in [6.45, 7) is 4.47. The molecule has 0 aromatic carbocycles. The number of rotatable bonds is 5. The van der Waals surface area contributed by atoms with E-state index in [1.54, 1.807) is 0 Å². The zero-order valence-corrected chi connectivity index (χ0v) is 9.01. The highest BCUT2D eigenvalue weighted by Crippen LogP contribution is 2.11. The highest BCUT2D eigenvalue weighted by Gasteiger charge is 2.23. The van der Waals surface area contributed by atoms with Gasteiger partial charge in [0, 0.05) is 13.2 Å². The van der Waals surface area contributed by atoms with Gasteiger partial charge in [0.25, 0.3) is 0 Å². The van der Waals surface area contributed by atoms with Crippen molar-refractivity contribution in [3.63, 3.8) is 0 Å². The average molecular weight is 200 g/mol. The third kappa shape index (κ3) is 3.64. The number of ether oxygens (including phenoxy) is 1. The van der Waals surface area contributed by atoms with Gasteiger partial charge in [0.1, 0.15) is 6.10 Å². The molecule has 0 saturated carbocycles. The summed E-state index contributed by atoms with van der Waals surface area (Å²) in [4.78, 5) is 11.5. The van der Waals surface area contributed by atoms with Crippen LogP contribution < -0.4 is 10.6 Å². The first kappa shape index (κ1) is 11.5. The number of hydrogen-bond acceptors (Lipinski definition) is 3. The molecule has 0 aromatic heterocycles. The van der Waals surface area contributed by atoms with Gasteiger partial charge in [-0.3, -0.25) is 4.79 Å². The lowest BCUT2D eigenvalue weighted by Gasteiger charge is -2.14. The van der Waals surface area contributed by atoms with Crippen LogP contribution in [0.4, 0.5) is 0 Å². The second-order valence-corrected chi connectivity index (χ2v) is 3.91. The fraction of sp³-hybridized carbons (Fsp3) is 0.900. The van der Waals surface area contributed by atoms with Gasteiger partial charge in [0.2, 0.25) is 5.91 Å². The van der Waals surface area contributed by atoms with E-state index in [1.165, 1.54) is 0 Å². The van der Waals surface area contributed by atoms with Crippen molar-refractivity contribution in [1.29, 1.82) is 0 Å². The lowest BCUT2D eigenvalue weighted by atomic mass is 10.1. The van der Waals surface area contributed by atoms with Crippen LogP contribution in [0.15, 0.2) is 0 Å². The first-order valence-corrected chi connectivity index (χ1v) is 5.28. The monoisotopic (exact) mass is 200 g/mol. The Morgan fingerprint density at radius 2 is 2.36 bits per heavy atom. The molecule has 14 heavy (non-hydrogen) atoms. The molecule has 1 amide bonds. The van der Waals surface area contributed by atoms with Crippen LogP contribution in [0.25, 0.3) is 0 Å². The number of carbonyl (C=O) groups is 1. The molecular weight excluding hydrogens is 180 g/mol. The maximum absolute atomic E-state index is 11.5. The van der Waals surface area contributed by atoms with E-state index in [0.717, 1.165) is 32.5 Å². The summed E-state index contributed by atoms with van der Waals surface area (Å²) in [5.41, 5.74) is 0. The Morgan fingerprint density at radius 3 is 2.93 bits per heavy atom. The van der Waals surface area contributed by atoms with Crippen LogP contribution in [0.3, 0.4) is 0 Å². The Morgan fingerprint density at radius 1 is 1.57 bits per heavy atom. The normalized spacial score (nSPS) is 23.4. The molecule has 4 nitrogen and oxygen atoms in total. The minimum absolute atomic E-state index is 0.0467. The smallest absolute Gasteiger partial charge is 0.249 e. The van der Waals surface area contributed by atoms with Gasteiger partial charge < -0.3 is 15.4 Å². The lowest BCUT2D eigenvalue weighted by Crippen LogP contribution is -2.38. The third-order valence-corrected chi connectivity index (χ3v) is 2.40. The largest absolute Gasteiger partial charge is 0.368 e. The number of hydrogen-bond donors (Lipinski definition) is 2. The van der Waals surface area contributed by atoms with Crippen molar-refractivity contribution in [2.24, 2.45) is 5.92 Å². The fourth-order valence-corrected chi connectivity index (χ4v) is 1.59. The molecule has 0 radical (unpaired) electrons. The summed E-state index contributed by atoms with van der Waals surface area (Å²) in [6, 6.07) is 0. The van der Waals surface area contributed by atoms with Gasteiger partial charge in [-0.25, -0.2) is 0 Å². The van der Waals surface area contributed by atoms with E-state index >= 15 is 0 Å². The summed E-state index contributed by atoms with van der Waals surface area (Å²) < 4.78 is 5.28. The Labute approximate surface area is 85.4 Å². The predicted octanol–water partition coefficient (Wildman–Crippen LogP) is 0.137. The van der Waals surface area contributed by atoms with Crippen LogP contribution >= 0.6 is 0 Å². The molecule has 82 valence electrons. The van der Waals surface area contributed by atoms with E-state index in [0.29, 0.717) is 5.92 Å². The Balaban J connectivity index is 2.13. The van der Waals surface area contributed by atoms with Gasteiger partial charge in [-0.1, -0.05) is 6.92 Å². The molecule has 2 N–H and O–H groups in total. The van der Waals surface area contributed by atoms with Crippen molar-refractivity contribution < 1.29 is 9.53 Å². The topological polar surface area (TPSA) is 50.4 Å². The highest BCUT2D eigenvalue weighted by atomic mass is 16.5. The SMILES string of the molecule is CNCC(C)CNC(=O)[C@H]1CCCO1. The molecule has 0 aliphatic carbocycles. The van der Waals surface area contributed by atoms with Crippen LogP contribution in [-0.4, -0.2) is 38.8 Å². The lowest BCUT2D eigenvalue weighted by molar-refractivity contribution is -0.130. The van der Waals surface area contributed by atoms with Gasteiger partial charge in [-0.2, -0.15) is 0 Å². The predicted molar refractivity (Wildman–Crippen MR) is 55.1 cm³/mol. The Bertz CT molecular complexity index is 179. The van der Waals surface area contributed by atoms with Crippen LogP contribution in [0.1, 0.15) is 19.8 Å². The maximum Gasteiger partial charge on any atom is 0.249 e. The van der Waals surface area contributed by atoms with Crippen molar-refractivity contribution in [3.05, 3.63) is 0 Å². The first-order valence-electron chi connectivity index (χ1n) is 5.28. The molecule has 1 saturated heterocycles. The van der Waals surface area contributed by atoms with E-state index in [2.05, 4.69) is 17.6 Å². The van der Waals surface area contributed by atoms with Crippen molar-refractivity contribution in [2.45, 2.75) is 25.9 Å². The first-order chi connectivity index (χ1) is 6.74. The molecule has 1 aliphatic heterocycles. The molecule has 1 aliphatic rings. The third-order valence-electron chi connectivity index (χ3n) is 2.40. The summed E-state index contributed by atoms with van der Waals surface area (Å²) in [7, 11) is 1.92. The van der Waals surface area contributed by atoms with Gasteiger partial charge in [0.15, 0.2) is 0 Å². The van der Waals surface area contributed by atoms with Crippen molar-refractivity contribution in [1.82, 2.24) is 10.6 Å². The minimum Gasteiger partial charge on any atom is -0.368 e. The standard InChI is InChI=1S/C10H20N2O2/c1-8(6-11-2)7-12-10(13)9-4-3-5-14-9/h8-9,11H,3-7H2,1-2H3,(H,12,13)/t8?,9-/m1/s1. The van der Waals surface area contributed by atoms with Crippen molar-refractivity contribution >= 4 is 5.91 Å². The second-order valence-electron chi connectivity index (χ2n) is 3.91. The summed E-state index contributed by atoms with van der Waals surface area (Å²) in [5.74, 6) is 0.510. The van der Waals surface area contributed by atoms with Crippen molar-refractivity contribution in [2.75, 3.05) is 26.7 Å². The fourth-order valence-electron chi connectivity index (χ4n) is 1.59. The van der Waals surface area contributed by atoms with Gasteiger partial charge in [-0.05, 0) is 32.4 Å². The molecule has 1 heterocycles. The summed E-state index contributed by atoms with van der Waals surface area (Å²) in [5, 5.41) is 5.98. The van der Waals surface area contributed by atoms with Crippen LogP contribution in [0, 0.1) is 5.92 Å². The van der Waals surface area contributed by atoms with Gasteiger partial charge in [-0.15, -0.1) is 0 Å². The molecule has 1 unspecified atom stereocenters.